The molecule has 0 amide bonds. The Morgan fingerprint density at radius 1 is 0.929 bits per heavy atom. The minimum Gasteiger partial charge on any atom is -0.0620 e. The molecule has 0 aliphatic heterocycles. The normalized spacial score (nSPS) is 32.1. The SMILES string of the molecule is C[C@@H]1CC[C@H](C)[C@H](C)c2ccccc21. The highest BCUT2D eigenvalue weighted by Gasteiger charge is 2.23. The van der Waals surface area contributed by atoms with Gasteiger partial charge in [0.1, 0.15) is 0 Å². The lowest BCUT2D eigenvalue weighted by Crippen LogP contribution is -2.04. The molecule has 0 N–H and O–H groups in total. The molecule has 0 spiro atoms. The highest BCUT2D eigenvalue weighted by Crippen LogP contribution is 2.39. The molecule has 0 saturated carbocycles. The first-order chi connectivity index (χ1) is 6.70. The number of rotatable bonds is 0. The van der Waals surface area contributed by atoms with Crippen LogP contribution in [0.25, 0.3) is 0 Å². The molecule has 0 heteroatoms. The molecule has 1 aromatic rings. The van der Waals surface area contributed by atoms with Crippen molar-refractivity contribution in [2.75, 3.05) is 0 Å². The lowest BCUT2D eigenvalue weighted by Gasteiger charge is -2.18. The summed E-state index contributed by atoms with van der Waals surface area (Å²) in [5, 5.41) is 0. The first kappa shape index (κ1) is 9.76. The van der Waals surface area contributed by atoms with Gasteiger partial charge >= 0.3 is 0 Å². The molecule has 0 unspecified atom stereocenters. The Morgan fingerprint density at radius 2 is 1.57 bits per heavy atom. The largest absolute Gasteiger partial charge is 0.0620 e. The van der Waals surface area contributed by atoms with E-state index in [-0.39, 0.29) is 0 Å². The second-order valence-corrected chi connectivity index (χ2v) is 4.87. The third kappa shape index (κ3) is 1.58. The third-order valence-corrected chi connectivity index (χ3v) is 3.93. The van der Waals surface area contributed by atoms with Crippen molar-refractivity contribution in [1.82, 2.24) is 0 Å². The van der Waals surface area contributed by atoms with E-state index in [0.29, 0.717) is 0 Å². The Balaban J connectivity index is 2.46. The lowest BCUT2D eigenvalue weighted by atomic mass is 9.86. The number of benzene rings is 1. The summed E-state index contributed by atoms with van der Waals surface area (Å²) in [7, 11) is 0. The summed E-state index contributed by atoms with van der Waals surface area (Å²) in [6.07, 6.45) is 2.72. The van der Waals surface area contributed by atoms with Gasteiger partial charge < -0.3 is 0 Å². The van der Waals surface area contributed by atoms with Gasteiger partial charge in [0.2, 0.25) is 0 Å². The van der Waals surface area contributed by atoms with E-state index in [1.54, 1.807) is 11.1 Å². The van der Waals surface area contributed by atoms with E-state index >= 15 is 0 Å². The van der Waals surface area contributed by atoms with Crippen molar-refractivity contribution in [2.24, 2.45) is 5.92 Å². The molecule has 0 heterocycles. The van der Waals surface area contributed by atoms with Crippen LogP contribution < -0.4 is 0 Å². The molecule has 0 bridgehead atoms. The minimum absolute atomic E-state index is 0.733. The van der Waals surface area contributed by atoms with Crippen LogP contribution in [0.4, 0.5) is 0 Å². The zero-order valence-corrected chi connectivity index (χ0v) is 9.46. The molecule has 0 saturated heterocycles. The van der Waals surface area contributed by atoms with Crippen LogP contribution in [0.1, 0.15) is 56.6 Å². The molecule has 0 fully saturated rings. The average Bonchev–Trinajstić information content (AvgIpc) is 2.33. The molecule has 0 aromatic heterocycles. The first-order valence-electron chi connectivity index (χ1n) is 5.79. The van der Waals surface area contributed by atoms with Crippen LogP contribution >= 0.6 is 0 Å². The standard InChI is InChI=1S/C14H20/c1-10-8-9-11(2)13-6-4-5-7-14(13)12(10)3/h4-7,10-12H,8-9H2,1-3H3/t10-,11+,12-/m0/s1. The summed E-state index contributed by atoms with van der Waals surface area (Å²) in [6.45, 7) is 7.13. The van der Waals surface area contributed by atoms with Crippen LogP contribution in [-0.4, -0.2) is 0 Å². The molecule has 2 rings (SSSR count). The van der Waals surface area contributed by atoms with Crippen molar-refractivity contribution in [2.45, 2.75) is 45.4 Å². The van der Waals surface area contributed by atoms with Crippen LogP contribution in [0.2, 0.25) is 0 Å². The van der Waals surface area contributed by atoms with Gasteiger partial charge in [0, 0.05) is 0 Å². The van der Waals surface area contributed by atoms with Crippen LogP contribution in [0.15, 0.2) is 24.3 Å². The van der Waals surface area contributed by atoms with Crippen LogP contribution in [0.3, 0.4) is 0 Å². The summed E-state index contributed by atoms with van der Waals surface area (Å²) in [4.78, 5) is 0. The predicted octanol–water partition coefficient (Wildman–Crippen LogP) is 4.32. The maximum atomic E-state index is 2.39. The second kappa shape index (κ2) is 3.76. The van der Waals surface area contributed by atoms with Gasteiger partial charge in [-0.05, 0) is 41.7 Å². The second-order valence-electron chi connectivity index (χ2n) is 4.87. The van der Waals surface area contributed by atoms with E-state index in [0.717, 1.165) is 17.8 Å². The molecule has 0 radical (unpaired) electrons. The highest BCUT2D eigenvalue weighted by atomic mass is 14.3. The molecular weight excluding hydrogens is 168 g/mol. The number of hydrogen-bond donors (Lipinski definition) is 0. The Morgan fingerprint density at radius 3 is 2.29 bits per heavy atom. The Labute approximate surface area is 87.3 Å². The van der Waals surface area contributed by atoms with Gasteiger partial charge in [-0.1, -0.05) is 45.0 Å². The van der Waals surface area contributed by atoms with Crippen LogP contribution in [0.5, 0.6) is 0 Å². The van der Waals surface area contributed by atoms with Gasteiger partial charge in [0.25, 0.3) is 0 Å². The Bertz CT molecular complexity index is 314. The summed E-state index contributed by atoms with van der Waals surface area (Å²) < 4.78 is 0. The van der Waals surface area contributed by atoms with Crippen molar-refractivity contribution in [3.8, 4) is 0 Å². The van der Waals surface area contributed by atoms with E-state index in [9.17, 15) is 0 Å². The number of hydrogen-bond acceptors (Lipinski definition) is 0. The average molecular weight is 188 g/mol. The Kier molecular flexibility index (Phi) is 2.62. The summed E-state index contributed by atoms with van der Waals surface area (Å²) in [6, 6.07) is 8.99. The molecular formula is C14H20. The fraction of sp³-hybridized carbons (Fsp3) is 0.571. The van der Waals surface area contributed by atoms with E-state index in [1.807, 2.05) is 0 Å². The fourth-order valence-electron chi connectivity index (χ4n) is 2.60. The first-order valence-corrected chi connectivity index (χ1v) is 5.79. The lowest BCUT2D eigenvalue weighted by molar-refractivity contribution is 0.445. The highest BCUT2D eigenvalue weighted by molar-refractivity contribution is 5.34. The zero-order chi connectivity index (χ0) is 10.1. The van der Waals surface area contributed by atoms with Gasteiger partial charge in [-0.3, -0.25) is 0 Å². The van der Waals surface area contributed by atoms with Crippen molar-refractivity contribution >= 4 is 0 Å². The maximum absolute atomic E-state index is 2.39. The zero-order valence-electron chi connectivity index (χ0n) is 9.46. The molecule has 76 valence electrons. The van der Waals surface area contributed by atoms with E-state index in [2.05, 4.69) is 45.0 Å². The van der Waals surface area contributed by atoms with Crippen molar-refractivity contribution in [3.05, 3.63) is 35.4 Å². The van der Waals surface area contributed by atoms with Gasteiger partial charge in [0.15, 0.2) is 0 Å². The monoisotopic (exact) mass is 188 g/mol. The topological polar surface area (TPSA) is 0 Å². The van der Waals surface area contributed by atoms with Crippen LogP contribution in [-0.2, 0) is 0 Å². The van der Waals surface area contributed by atoms with E-state index in [4.69, 9.17) is 0 Å². The molecule has 14 heavy (non-hydrogen) atoms. The van der Waals surface area contributed by atoms with Crippen molar-refractivity contribution < 1.29 is 0 Å². The van der Waals surface area contributed by atoms with E-state index < -0.39 is 0 Å². The summed E-state index contributed by atoms with van der Waals surface area (Å²) >= 11 is 0. The van der Waals surface area contributed by atoms with Gasteiger partial charge in [-0.15, -0.1) is 0 Å². The van der Waals surface area contributed by atoms with Crippen molar-refractivity contribution in [1.29, 1.82) is 0 Å². The summed E-state index contributed by atoms with van der Waals surface area (Å²) in [5.74, 6) is 2.32. The molecule has 1 aromatic carbocycles. The third-order valence-electron chi connectivity index (χ3n) is 3.93. The maximum Gasteiger partial charge on any atom is -0.0162 e. The Hall–Kier alpha value is -0.780. The van der Waals surface area contributed by atoms with Gasteiger partial charge in [-0.2, -0.15) is 0 Å². The predicted molar refractivity (Wildman–Crippen MR) is 61.7 cm³/mol. The molecule has 1 aliphatic rings. The quantitative estimate of drug-likeness (QED) is 0.532. The van der Waals surface area contributed by atoms with E-state index in [1.165, 1.54) is 12.8 Å². The smallest absolute Gasteiger partial charge is 0.0162 e. The van der Waals surface area contributed by atoms with Gasteiger partial charge in [-0.25, -0.2) is 0 Å². The fourth-order valence-corrected chi connectivity index (χ4v) is 2.60. The molecule has 1 aliphatic carbocycles. The molecule has 0 nitrogen and oxygen atoms in total. The number of fused-ring (bicyclic) bond motifs is 1. The summed E-state index contributed by atoms with van der Waals surface area (Å²) in [5.41, 5.74) is 3.18. The van der Waals surface area contributed by atoms with Crippen LogP contribution in [0, 0.1) is 5.92 Å². The van der Waals surface area contributed by atoms with Crippen molar-refractivity contribution in [3.63, 3.8) is 0 Å². The van der Waals surface area contributed by atoms with Gasteiger partial charge in [0.05, 0.1) is 0 Å². The molecule has 3 atom stereocenters. The minimum atomic E-state index is 0.733.